The smallest absolute Gasteiger partial charge is 0.164 e. The Labute approximate surface area is 305 Å². The molecule has 0 amide bonds. The molecule has 0 N–H and O–H groups in total. The molecule has 53 heavy (non-hydrogen) atoms. The minimum atomic E-state index is 0.596. The maximum Gasteiger partial charge on any atom is 0.164 e. The van der Waals surface area contributed by atoms with Crippen molar-refractivity contribution in [2.45, 2.75) is 0 Å². The Balaban J connectivity index is 1.10. The van der Waals surface area contributed by atoms with Crippen molar-refractivity contribution in [3.8, 4) is 78.7 Å². The second-order valence-electron chi connectivity index (χ2n) is 13.5. The Morgan fingerprint density at radius 2 is 0.887 bits per heavy atom. The summed E-state index contributed by atoms with van der Waals surface area (Å²) in [6.45, 7) is 0. The Bertz CT molecular complexity index is 3060. The number of nitrogens with zero attached hydrogens (tertiary/aromatic N) is 3. The normalized spacial score (nSPS) is 11.8. The van der Waals surface area contributed by atoms with E-state index in [0.29, 0.717) is 17.5 Å². The van der Waals surface area contributed by atoms with Crippen molar-refractivity contribution in [3.63, 3.8) is 0 Å². The third-order valence-electron chi connectivity index (χ3n) is 10.5. The van der Waals surface area contributed by atoms with Gasteiger partial charge in [-0.3, -0.25) is 0 Å². The van der Waals surface area contributed by atoms with E-state index in [1.54, 1.807) is 0 Å². The van der Waals surface area contributed by atoms with Gasteiger partial charge in [0.1, 0.15) is 11.2 Å². The summed E-state index contributed by atoms with van der Waals surface area (Å²) in [6, 6.07) is 61.5. The van der Waals surface area contributed by atoms with Crippen molar-refractivity contribution in [3.05, 3.63) is 176 Å². The quantitative estimate of drug-likeness (QED) is 0.182. The zero-order valence-electron chi connectivity index (χ0n) is 28.5. The summed E-state index contributed by atoms with van der Waals surface area (Å²) in [4.78, 5) is 15.7. The molecule has 10 aromatic rings. The topological polar surface area (TPSA) is 51.8 Å². The van der Waals surface area contributed by atoms with Gasteiger partial charge in [0.2, 0.25) is 0 Å². The first kappa shape index (κ1) is 29.5. The van der Waals surface area contributed by atoms with Crippen LogP contribution in [0, 0.1) is 0 Å². The lowest BCUT2D eigenvalue weighted by Crippen LogP contribution is -2.01. The van der Waals surface area contributed by atoms with Crippen LogP contribution < -0.4 is 0 Å². The van der Waals surface area contributed by atoms with Gasteiger partial charge in [0, 0.05) is 27.5 Å². The third-order valence-corrected chi connectivity index (χ3v) is 10.5. The summed E-state index contributed by atoms with van der Waals surface area (Å²) in [5.41, 5.74) is 13.9. The van der Waals surface area contributed by atoms with Crippen LogP contribution in [-0.2, 0) is 0 Å². The summed E-state index contributed by atoms with van der Waals surface area (Å²) in [5.74, 6) is 1.82. The van der Waals surface area contributed by atoms with Gasteiger partial charge in [0.05, 0.1) is 0 Å². The summed E-state index contributed by atoms with van der Waals surface area (Å²) >= 11 is 0. The van der Waals surface area contributed by atoms with Gasteiger partial charge in [-0.05, 0) is 79.5 Å². The molecule has 1 aliphatic carbocycles. The Morgan fingerprint density at radius 3 is 1.75 bits per heavy atom. The molecule has 4 nitrogen and oxygen atoms in total. The van der Waals surface area contributed by atoms with E-state index in [2.05, 4.69) is 133 Å². The number of hydrogen-bond donors (Lipinski definition) is 0. The molecule has 1 aliphatic rings. The van der Waals surface area contributed by atoms with Gasteiger partial charge >= 0.3 is 0 Å². The molecule has 0 saturated carbocycles. The van der Waals surface area contributed by atoms with Gasteiger partial charge in [0.15, 0.2) is 17.5 Å². The van der Waals surface area contributed by atoms with Gasteiger partial charge in [0.25, 0.3) is 0 Å². The monoisotopic (exact) mass is 675 g/mol. The van der Waals surface area contributed by atoms with E-state index in [1.165, 1.54) is 33.0 Å². The molecule has 0 fully saturated rings. The largest absolute Gasteiger partial charge is 0.456 e. The highest BCUT2D eigenvalue weighted by molar-refractivity contribution is 6.16. The van der Waals surface area contributed by atoms with Crippen molar-refractivity contribution in [1.82, 2.24) is 15.0 Å². The van der Waals surface area contributed by atoms with Gasteiger partial charge in [-0.2, -0.15) is 0 Å². The van der Waals surface area contributed by atoms with E-state index in [9.17, 15) is 0 Å². The Hall–Kier alpha value is -7.17. The van der Waals surface area contributed by atoms with Crippen LogP contribution in [0.15, 0.2) is 180 Å². The summed E-state index contributed by atoms with van der Waals surface area (Å²) in [5, 5.41) is 4.62. The van der Waals surface area contributed by atoms with Crippen LogP contribution >= 0.6 is 0 Å². The van der Waals surface area contributed by atoms with E-state index in [-0.39, 0.29) is 0 Å². The van der Waals surface area contributed by atoms with E-state index < -0.39 is 0 Å². The van der Waals surface area contributed by atoms with E-state index in [4.69, 9.17) is 19.4 Å². The average Bonchev–Trinajstić information content (AvgIpc) is 3.78. The number of benzene rings is 8. The van der Waals surface area contributed by atoms with Gasteiger partial charge < -0.3 is 4.42 Å². The number of hydrogen-bond acceptors (Lipinski definition) is 4. The van der Waals surface area contributed by atoms with Crippen molar-refractivity contribution < 1.29 is 4.42 Å². The van der Waals surface area contributed by atoms with Gasteiger partial charge in [-0.1, -0.05) is 152 Å². The lowest BCUT2D eigenvalue weighted by molar-refractivity contribution is 0.669. The average molecular weight is 676 g/mol. The molecular formula is C49H29N3O. The summed E-state index contributed by atoms with van der Waals surface area (Å²) in [6.07, 6.45) is 0. The van der Waals surface area contributed by atoms with Gasteiger partial charge in [-0.25, -0.2) is 15.0 Å². The number of furan rings is 1. The molecule has 0 unspecified atom stereocenters. The van der Waals surface area contributed by atoms with Crippen molar-refractivity contribution in [2.24, 2.45) is 0 Å². The molecule has 11 rings (SSSR count). The zero-order chi connectivity index (χ0) is 34.9. The minimum Gasteiger partial charge on any atom is -0.456 e. The molecule has 0 radical (unpaired) electrons. The lowest BCUT2D eigenvalue weighted by Gasteiger charge is -2.13. The molecule has 0 aliphatic heterocycles. The first-order valence-electron chi connectivity index (χ1n) is 17.9. The molecule has 0 bridgehead atoms. The maximum absolute atomic E-state index is 6.29. The molecule has 246 valence electrons. The molecular weight excluding hydrogens is 647 g/mol. The van der Waals surface area contributed by atoms with Gasteiger partial charge in [-0.15, -0.1) is 0 Å². The summed E-state index contributed by atoms with van der Waals surface area (Å²) < 4.78 is 6.29. The second-order valence-corrected chi connectivity index (χ2v) is 13.5. The standard InChI is InChI=1S/C49H29N3O/c1-2-12-30(13-3-1)35-18-4-5-19-39(35)48-50-47(51-49(52-48)41-23-11-25-44-46(41)40-20-6-7-24-43(40)53-44)34-17-8-16-32(28-34)33-26-27-36-37-21-9-14-31-15-10-22-38(45(31)37)42(36)29-33/h1-29H. The molecule has 2 aromatic heterocycles. The number of aromatic nitrogens is 3. The highest BCUT2D eigenvalue weighted by atomic mass is 16.3. The molecule has 0 atom stereocenters. The van der Waals surface area contributed by atoms with Crippen LogP contribution in [-0.4, -0.2) is 15.0 Å². The molecule has 2 heterocycles. The van der Waals surface area contributed by atoms with Crippen molar-refractivity contribution in [2.75, 3.05) is 0 Å². The molecule has 0 saturated heterocycles. The van der Waals surface area contributed by atoms with E-state index >= 15 is 0 Å². The van der Waals surface area contributed by atoms with Crippen LogP contribution in [0.25, 0.3) is 111 Å². The van der Waals surface area contributed by atoms with E-state index in [0.717, 1.165) is 60.9 Å². The highest BCUT2D eigenvalue weighted by Gasteiger charge is 2.22. The molecule has 8 aromatic carbocycles. The summed E-state index contributed by atoms with van der Waals surface area (Å²) in [7, 11) is 0. The first-order valence-corrected chi connectivity index (χ1v) is 17.9. The number of para-hydroxylation sites is 1. The number of fused-ring (bicyclic) bond motifs is 6. The second kappa shape index (κ2) is 11.7. The van der Waals surface area contributed by atoms with Crippen LogP contribution in [0.5, 0.6) is 0 Å². The van der Waals surface area contributed by atoms with Crippen molar-refractivity contribution >= 4 is 32.7 Å². The fraction of sp³-hybridized carbons (Fsp3) is 0. The predicted molar refractivity (Wildman–Crippen MR) is 216 cm³/mol. The fourth-order valence-electron chi connectivity index (χ4n) is 8.06. The molecule has 0 spiro atoms. The van der Waals surface area contributed by atoms with Crippen LogP contribution in [0.2, 0.25) is 0 Å². The Morgan fingerprint density at radius 1 is 0.302 bits per heavy atom. The molecule has 4 heteroatoms. The predicted octanol–water partition coefficient (Wildman–Crippen LogP) is 12.9. The maximum atomic E-state index is 6.29. The minimum absolute atomic E-state index is 0.596. The SMILES string of the molecule is c1ccc(-c2ccccc2-c2nc(-c3cccc(-c4ccc5c(c4)-c4cccc6cccc-5c46)c3)nc(-c3cccc4oc5ccccc5c34)n2)cc1. The van der Waals surface area contributed by atoms with Crippen molar-refractivity contribution in [1.29, 1.82) is 0 Å². The fourth-order valence-corrected chi connectivity index (χ4v) is 8.06. The van der Waals surface area contributed by atoms with Crippen LogP contribution in [0.3, 0.4) is 0 Å². The van der Waals surface area contributed by atoms with Crippen LogP contribution in [0.1, 0.15) is 0 Å². The lowest BCUT2D eigenvalue weighted by atomic mass is 9.96. The third kappa shape index (κ3) is 4.73. The Kier molecular flexibility index (Phi) is 6.52. The first-order chi connectivity index (χ1) is 26.3. The van der Waals surface area contributed by atoms with E-state index in [1.807, 2.05) is 42.5 Å². The zero-order valence-corrected chi connectivity index (χ0v) is 28.5. The number of rotatable bonds is 5. The highest BCUT2D eigenvalue weighted by Crippen LogP contribution is 2.48. The van der Waals surface area contributed by atoms with Crippen LogP contribution in [0.4, 0.5) is 0 Å².